The van der Waals surface area contributed by atoms with Gasteiger partial charge in [-0.25, -0.2) is 0 Å². The van der Waals surface area contributed by atoms with Crippen LogP contribution in [0.5, 0.6) is 0 Å². The van der Waals surface area contributed by atoms with Gasteiger partial charge < -0.3 is 10.6 Å². The molecule has 0 bridgehead atoms. The van der Waals surface area contributed by atoms with Crippen LogP contribution in [0.1, 0.15) is 21.5 Å². The zero-order valence-corrected chi connectivity index (χ0v) is 13.1. The zero-order chi connectivity index (χ0) is 14.5. The predicted molar refractivity (Wildman–Crippen MR) is 86.0 cm³/mol. The molecule has 0 aromatic heterocycles. The van der Waals surface area contributed by atoms with Crippen molar-refractivity contribution in [3.63, 3.8) is 0 Å². The average Bonchev–Trinajstić information content (AvgIpc) is 2.44. The Bertz CT molecular complexity index is 626. The Labute approximate surface area is 127 Å². The lowest BCUT2D eigenvalue weighted by molar-refractivity contribution is 0.0951. The van der Waals surface area contributed by atoms with Crippen LogP contribution in [0.25, 0.3) is 0 Å². The number of halogens is 1. The summed E-state index contributed by atoms with van der Waals surface area (Å²) in [6.45, 7) is 2.50. The molecule has 0 heterocycles. The van der Waals surface area contributed by atoms with Gasteiger partial charge in [-0.15, -0.1) is 0 Å². The second kappa shape index (κ2) is 6.57. The number of hydrogen-bond donors (Lipinski definition) is 2. The fourth-order valence-corrected chi connectivity index (χ4v) is 2.46. The van der Waals surface area contributed by atoms with Gasteiger partial charge in [0.1, 0.15) is 0 Å². The summed E-state index contributed by atoms with van der Waals surface area (Å²) in [4.78, 5) is 12.1. The van der Waals surface area contributed by atoms with Crippen LogP contribution in [0.3, 0.4) is 0 Å². The molecule has 20 heavy (non-hydrogen) atoms. The Balaban J connectivity index is 2.03. The molecule has 2 rings (SSSR count). The summed E-state index contributed by atoms with van der Waals surface area (Å²) in [5, 5.41) is 6.02. The van der Waals surface area contributed by atoms with Crippen LogP contribution in [0.2, 0.25) is 0 Å². The van der Waals surface area contributed by atoms with Gasteiger partial charge in [0.25, 0.3) is 5.91 Å². The van der Waals surface area contributed by atoms with E-state index in [1.54, 1.807) is 0 Å². The average molecular weight is 333 g/mol. The number of carbonyl (C=O) groups is 1. The molecule has 0 radical (unpaired) electrons. The number of benzene rings is 2. The number of carbonyl (C=O) groups excluding carboxylic acids is 1. The van der Waals surface area contributed by atoms with E-state index in [9.17, 15) is 4.79 Å². The fourth-order valence-electron chi connectivity index (χ4n) is 2.02. The van der Waals surface area contributed by atoms with Crippen molar-refractivity contribution in [1.29, 1.82) is 0 Å². The van der Waals surface area contributed by atoms with E-state index < -0.39 is 0 Å². The summed E-state index contributed by atoms with van der Waals surface area (Å²) < 4.78 is 1.01. The summed E-state index contributed by atoms with van der Waals surface area (Å²) in [5.41, 5.74) is 3.84. The topological polar surface area (TPSA) is 41.1 Å². The Hall–Kier alpha value is -1.81. The molecule has 0 saturated carbocycles. The van der Waals surface area contributed by atoms with Crippen LogP contribution in [0.15, 0.2) is 46.9 Å². The molecule has 0 atom stereocenters. The minimum Gasteiger partial charge on any atom is -0.388 e. The monoisotopic (exact) mass is 332 g/mol. The number of rotatable bonds is 4. The number of nitrogens with one attached hydrogen (secondary N) is 2. The van der Waals surface area contributed by atoms with Gasteiger partial charge in [-0.05, 0) is 48.4 Å². The number of hydrogen-bond acceptors (Lipinski definition) is 2. The Kier molecular flexibility index (Phi) is 4.79. The van der Waals surface area contributed by atoms with Gasteiger partial charge in [-0.1, -0.05) is 28.1 Å². The van der Waals surface area contributed by atoms with Crippen molar-refractivity contribution in [1.82, 2.24) is 5.32 Å². The van der Waals surface area contributed by atoms with Gasteiger partial charge in [0.2, 0.25) is 0 Å². The molecule has 0 saturated heterocycles. The number of amides is 1. The van der Waals surface area contributed by atoms with Crippen LogP contribution >= 0.6 is 15.9 Å². The van der Waals surface area contributed by atoms with E-state index in [1.807, 2.05) is 56.4 Å². The molecule has 1 amide bonds. The molecule has 104 valence electrons. The molecule has 2 aromatic carbocycles. The van der Waals surface area contributed by atoms with Gasteiger partial charge in [0.05, 0.1) is 0 Å². The molecule has 0 fully saturated rings. The molecule has 0 aliphatic heterocycles. The summed E-state index contributed by atoms with van der Waals surface area (Å²) in [7, 11) is 1.87. The third-order valence-corrected chi connectivity index (χ3v) is 3.59. The second-order valence-corrected chi connectivity index (χ2v) is 5.51. The fraction of sp³-hybridized carbons (Fsp3) is 0.188. The SMILES string of the molecule is CNc1ccc(C(=O)NCc2cccc(Br)c2)cc1C. The third kappa shape index (κ3) is 3.61. The highest BCUT2D eigenvalue weighted by Gasteiger charge is 2.07. The summed E-state index contributed by atoms with van der Waals surface area (Å²) in [6.07, 6.45) is 0. The smallest absolute Gasteiger partial charge is 0.251 e. The van der Waals surface area contributed by atoms with E-state index in [0.717, 1.165) is 21.3 Å². The van der Waals surface area contributed by atoms with Gasteiger partial charge in [-0.2, -0.15) is 0 Å². The first-order valence-electron chi connectivity index (χ1n) is 6.41. The van der Waals surface area contributed by atoms with Crippen molar-refractivity contribution in [3.05, 3.63) is 63.6 Å². The third-order valence-electron chi connectivity index (χ3n) is 3.10. The molecule has 0 spiro atoms. The van der Waals surface area contributed by atoms with Crippen molar-refractivity contribution in [2.75, 3.05) is 12.4 Å². The first-order valence-corrected chi connectivity index (χ1v) is 7.20. The van der Waals surface area contributed by atoms with Gasteiger partial charge >= 0.3 is 0 Å². The highest BCUT2D eigenvalue weighted by Crippen LogP contribution is 2.16. The van der Waals surface area contributed by atoms with Crippen LogP contribution in [0.4, 0.5) is 5.69 Å². The maximum absolute atomic E-state index is 12.1. The lowest BCUT2D eigenvalue weighted by Gasteiger charge is -2.09. The summed E-state index contributed by atoms with van der Waals surface area (Å²) in [6, 6.07) is 13.5. The van der Waals surface area contributed by atoms with Gasteiger partial charge in [0.15, 0.2) is 0 Å². The molecule has 2 N–H and O–H groups in total. The van der Waals surface area contributed by atoms with Crippen LogP contribution < -0.4 is 10.6 Å². The zero-order valence-electron chi connectivity index (χ0n) is 11.5. The largest absolute Gasteiger partial charge is 0.388 e. The van der Waals surface area contributed by atoms with Gasteiger partial charge in [0, 0.05) is 29.3 Å². The predicted octanol–water partition coefficient (Wildman–Crippen LogP) is 3.73. The molecule has 0 aliphatic carbocycles. The minimum absolute atomic E-state index is 0.0595. The maximum Gasteiger partial charge on any atom is 0.251 e. The number of aryl methyl sites for hydroxylation is 1. The lowest BCUT2D eigenvalue weighted by atomic mass is 10.1. The van der Waals surface area contributed by atoms with Crippen molar-refractivity contribution >= 4 is 27.5 Å². The van der Waals surface area contributed by atoms with E-state index in [0.29, 0.717) is 12.1 Å². The highest BCUT2D eigenvalue weighted by molar-refractivity contribution is 9.10. The van der Waals surface area contributed by atoms with Crippen LogP contribution in [-0.2, 0) is 6.54 Å². The highest BCUT2D eigenvalue weighted by atomic mass is 79.9. The minimum atomic E-state index is -0.0595. The van der Waals surface area contributed by atoms with Gasteiger partial charge in [-0.3, -0.25) is 4.79 Å². The quantitative estimate of drug-likeness (QED) is 0.895. The Morgan fingerprint density at radius 2 is 2.00 bits per heavy atom. The molecule has 2 aromatic rings. The second-order valence-electron chi connectivity index (χ2n) is 4.59. The van der Waals surface area contributed by atoms with E-state index in [4.69, 9.17) is 0 Å². The van der Waals surface area contributed by atoms with E-state index in [-0.39, 0.29) is 5.91 Å². The van der Waals surface area contributed by atoms with Crippen molar-refractivity contribution in [2.24, 2.45) is 0 Å². The van der Waals surface area contributed by atoms with Crippen molar-refractivity contribution < 1.29 is 4.79 Å². The molecular weight excluding hydrogens is 316 g/mol. The van der Waals surface area contributed by atoms with Crippen LogP contribution in [-0.4, -0.2) is 13.0 Å². The first-order chi connectivity index (χ1) is 9.60. The molecular formula is C16H17BrN2O. The van der Waals surface area contributed by atoms with E-state index >= 15 is 0 Å². The van der Waals surface area contributed by atoms with E-state index in [2.05, 4.69) is 26.6 Å². The summed E-state index contributed by atoms with van der Waals surface area (Å²) in [5.74, 6) is -0.0595. The first kappa shape index (κ1) is 14.6. The van der Waals surface area contributed by atoms with Crippen LogP contribution in [0, 0.1) is 6.92 Å². The molecule has 0 aliphatic rings. The molecule has 4 heteroatoms. The number of anilines is 1. The molecule has 0 unspecified atom stereocenters. The molecule has 3 nitrogen and oxygen atoms in total. The summed E-state index contributed by atoms with van der Waals surface area (Å²) >= 11 is 3.42. The van der Waals surface area contributed by atoms with Crippen molar-refractivity contribution in [3.8, 4) is 0 Å². The van der Waals surface area contributed by atoms with Crippen molar-refractivity contribution in [2.45, 2.75) is 13.5 Å². The van der Waals surface area contributed by atoms with E-state index in [1.165, 1.54) is 0 Å². The lowest BCUT2D eigenvalue weighted by Crippen LogP contribution is -2.22. The Morgan fingerprint density at radius 3 is 2.65 bits per heavy atom. The normalized spacial score (nSPS) is 10.2. The Morgan fingerprint density at radius 1 is 1.20 bits per heavy atom. The standard InChI is InChI=1S/C16H17BrN2O/c1-11-8-13(6-7-15(11)18-2)16(20)19-10-12-4-3-5-14(17)9-12/h3-9,18H,10H2,1-2H3,(H,19,20). The maximum atomic E-state index is 12.1.